The zero-order valence-electron chi connectivity index (χ0n) is 9.17. The number of likely N-dealkylation sites (tertiary alicyclic amines) is 1. The summed E-state index contributed by atoms with van der Waals surface area (Å²) in [6.45, 7) is 3.07. The Morgan fingerprint density at radius 2 is 1.75 bits per heavy atom. The van der Waals surface area contributed by atoms with Crippen LogP contribution in [0.1, 0.15) is 18.4 Å². The quantitative estimate of drug-likeness (QED) is 0.752. The van der Waals surface area contributed by atoms with Gasteiger partial charge >= 0.3 is 7.12 Å². The molecule has 1 fully saturated rings. The van der Waals surface area contributed by atoms with Gasteiger partial charge in [0.25, 0.3) is 0 Å². The number of nitrogens with zero attached hydrogens (tertiary/aromatic N) is 1. The van der Waals surface area contributed by atoms with Crippen LogP contribution in [0, 0.1) is 0 Å². The van der Waals surface area contributed by atoms with Crippen molar-refractivity contribution in [2.75, 3.05) is 13.1 Å². The second-order valence-electron chi connectivity index (χ2n) is 4.06. The lowest BCUT2D eigenvalue weighted by atomic mass is 9.77. The molecule has 0 amide bonds. The van der Waals surface area contributed by atoms with E-state index in [1.807, 2.05) is 18.2 Å². The predicted molar refractivity (Wildman–Crippen MR) is 68.0 cm³/mol. The number of hydrogen-bond acceptors (Lipinski definition) is 3. The normalized spacial score (nSPS) is 15.9. The predicted octanol–water partition coefficient (Wildman–Crippen LogP) is 0.384. The molecular formula is C11H17BClNO2. The highest BCUT2D eigenvalue weighted by molar-refractivity contribution is 6.59. The van der Waals surface area contributed by atoms with E-state index in [1.54, 1.807) is 6.07 Å². The van der Waals surface area contributed by atoms with Crippen molar-refractivity contribution in [1.82, 2.24) is 4.90 Å². The van der Waals surface area contributed by atoms with Gasteiger partial charge in [0.1, 0.15) is 0 Å². The summed E-state index contributed by atoms with van der Waals surface area (Å²) >= 11 is 0. The molecule has 88 valence electrons. The Kier molecular flexibility index (Phi) is 5.28. The highest BCUT2D eigenvalue weighted by atomic mass is 35.5. The summed E-state index contributed by atoms with van der Waals surface area (Å²) in [5.74, 6) is 0. The largest absolute Gasteiger partial charge is 0.488 e. The van der Waals surface area contributed by atoms with Gasteiger partial charge in [-0.15, -0.1) is 12.4 Å². The first-order valence-electron chi connectivity index (χ1n) is 5.43. The lowest BCUT2D eigenvalue weighted by Gasteiger charge is -2.17. The van der Waals surface area contributed by atoms with Gasteiger partial charge in [-0.2, -0.15) is 0 Å². The van der Waals surface area contributed by atoms with E-state index >= 15 is 0 Å². The fourth-order valence-corrected chi connectivity index (χ4v) is 2.11. The molecule has 0 aliphatic carbocycles. The molecule has 1 heterocycles. The van der Waals surface area contributed by atoms with Crippen LogP contribution in [0.4, 0.5) is 0 Å². The molecular weight excluding hydrogens is 224 g/mol. The molecule has 3 nitrogen and oxygen atoms in total. The third-order valence-corrected chi connectivity index (χ3v) is 2.93. The first-order valence-corrected chi connectivity index (χ1v) is 5.43. The summed E-state index contributed by atoms with van der Waals surface area (Å²) in [7, 11) is -1.36. The van der Waals surface area contributed by atoms with Crippen LogP contribution in [-0.2, 0) is 6.54 Å². The van der Waals surface area contributed by atoms with Gasteiger partial charge in [-0.1, -0.05) is 24.3 Å². The lowest BCUT2D eigenvalue weighted by Crippen LogP contribution is -2.35. The minimum absolute atomic E-state index is 0. The van der Waals surface area contributed by atoms with E-state index in [9.17, 15) is 10.0 Å². The maximum Gasteiger partial charge on any atom is 0.488 e. The SMILES string of the molecule is Cl.OB(O)c1ccccc1CN1CCCC1. The van der Waals surface area contributed by atoms with Crippen LogP contribution >= 0.6 is 12.4 Å². The molecule has 16 heavy (non-hydrogen) atoms. The summed E-state index contributed by atoms with van der Waals surface area (Å²) in [6.07, 6.45) is 2.51. The van der Waals surface area contributed by atoms with Crippen LogP contribution in [0.15, 0.2) is 24.3 Å². The standard InChI is InChI=1S/C11H16BNO2.ClH/c14-12(15)11-6-2-1-5-10(11)9-13-7-3-4-8-13;/h1-2,5-6,14-15H,3-4,7-9H2;1H. The average molecular weight is 242 g/mol. The van der Waals surface area contributed by atoms with E-state index in [0.717, 1.165) is 25.2 Å². The average Bonchev–Trinajstić information content (AvgIpc) is 2.71. The minimum atomic E-state index is -1.36. The van der Waals surface area contributed by atoms with E-state index in [4.69, 9.17) is 0 Å². The molecule has 1 aromatic carbocycles. The third-order valence-electron chi connectivity index (χ3n) is 2.93. The summed E-state index contributed by atoms with van der Waals surface area (Å²) in [5.41, 5.74) is 1.65. The number of benzene rings is 1. The van der Waals surface area contributed by atoms with Crippen molar-refractivity contribution in [3.63, 3.8) is 0 Å². The smallest absolute Gasteiger partial charge is 0.423 e. The molecule has 0 unspecified atom stereocenters. The first kappa shape index (κ1) is 13.5. The van der Waals surface area contributed by atoms with E-state index < -0.39 is 7.12 Å². The second-order valence-corrected chi connectivity index (χ2v) is 4.06. The molecule has 0 spiro atoms. The summed E-state index contributed by atoms with van der Waals surface area (Å²) < 4.78 is 0. The molecule has 0 atom stereocenters. The van der Waals surface area contributed by atoms with Gasteiger partial charge in [0, 0.05) is 6.54 Å². The summed E-state index contributed by atoms with van der Waals surface area (Å²) in [5, 5.41) is 18.4. The van der Waals surface area contributed by atoms with Crippen LogP contribution in [0.3, 0.4) is 0 Å². The molecule has 0 radical (unpaired) electrons. The lowest BCUT2D eigenvalue weighted by molar-refractivity contribution is 0.331. The van der Waals surface area contributed by atoms with Crippen molar-refractivity contribution in [2.45, 2.75) is 19.4 Å². The minimum Gasteiger partial charge on any atom is -0.423 e. The Labute approximate surface area is 103 Å². The molecule has 0 aromatic heterocycles. The molecule has 5 heteroatoms. The van der Waals surface area contributed by atoms with E-state index in [2.05, 4.69) is 4.90 Å². The fraction of sp³-hybridized carbons (Fsp3) is 0.455. The van der Waals surface area contributed by atoms with Crippen molar-refractivity contribution in [2.24, 2.45) is 0 Å². The molecule has 2 rings (SSSR count). The summed E-state index contributed by atoms with van der Waals surface area (Å²) in [4.78, 5) is 2.35. The van der Waals surface area contributed by atoms with Gasteiger partial charge in [0.15, 0.2) is 0 Å². The first-order chi connectivity index (χ1) is 7.27. The van der Waals surface area contributed by atoms with Crippen molar-refractivity contribution >= 4 is 25.0 Å². The van der Waals surface area contributed by atoms with Crippen molar-refractivity contribution in [3.8, 4) is 0 Å². The monoisotopic (exact) mass is 241 g/mol. The highest BCUT2D eigenvalue weighted by Crippen LogP contribution is 2.11. The van der Waals surface area contributed by atoms with Gasteiger partial charge in [-0.25, -0.2) is 0 Å². The van der Waals surface area contributed by atoms with Crippen LogP contribution < -0.4 is 5.46 Å². The summed E-state index contributed by atoms with van der Waals surface area (Å²) in [6, 6.07) is 7.52. The van der Waals surface area contributed by atoms with Gasteiger partial charge < -0.3 is 10.0 Å². The van der Waals surface area contributed by atoms with E-state index in [-0.39, 0.29) is 12.4 Å². The molecule has 1 aliphatic rings. The van der Waals surface area contributed by atoms with Gasteiger partial charge in [-0.3, -0.25) is 4.90 Å². The van der Waals surface area contributed by atoms with Crippen LogP contribution in [0.5, 0.6) is 0 Å². The van der Waals surface area contributed by atoms with Gasteiger partial charge in [0.2, 0.25) is 0 Å². The van der Waals surface area contributed by atoms with E-state index in [1.165, 1.54) is 12.8 Å². The molecule has 0 saturated carbocycles. The Morgan fingerprint density at radius 3 is 2.38 bits per heavy atom. The van der Waals surface area contributed by atoms with Crippen LogP contribution in [-0.4, -0.2) is 35.2 Å². The molecule has 2 N–H and O–H groups in total. The van der Waals surface area contributed by atoms with Crippen molar-refractivity contribution in [1.29, 1.82) is 0 Å². The third kappa shape index (κ3) is 3.22. The maximum absolute atomic E-state index is 9.22. The highest BCUT2D eigenvalue weighted by Gasteiger charge is 2.18. The Hall–Kier alpha value is -0.545. The molecule has 1 aromatic rings. The molecule has 1 saturated heterocycles. The zero-order chi connectivity index (χ0) is 10.7. The van der Waals surface area contributed by atoms with Crippen LogP contribution in [0.2, 0.25) is 0 Å². The number of halogens is 1. The maximum atomic E-state index is 9.22. The number of hydrogen-bond donors (Lipinski definition) is 2. The zero-order valence-corrected chi connectivity index (χ0v) is 9.99. The number of rotatable bonds is 3. The fourth-order valence-electron chi connectivity index (χ4n) is 2.11. The molecule has 1 aliphatic heterocycles. The van der Waals surface area contributed by atoms with E-state index in [0.29, 0.717) is 5.46 Å². The second kappa shape index (κ2) is 6.25. The Morgan fingerprint density at radius 1 is 1.12 bits per heavy atom. The van der Waals surface area contributed by atoms with Crippen molar-refractivity contribution < 1.29 is 10.0 Å². The van der Waals surface area contributed by atoms with Gasteiger partial charge in [-0.05, 0) is 37.0 Å². The topological polar surface area (TPSA) is 43.7 Å². The van der Waals surface area contributed by atoms with Gasteiger partial charge in [0.05, 0.1) is 0 Å². The van der Waals surface area contributed by atoms with Crippen molar-refractivity contribution in [3.05, 3.63) is 29.8 Å². The molecule has 0 bridgehead atoms. The van der Waals surface area contributed by atoms with Crippen LogP contribution in [0.25, 0.3) is 0 Å². The Bertz CT molecular complexity index is 330. The Balaban J connectivity index is 0.00000128.